The highest BCUT2D eigenvalue weighted by molar-refractivity contribution is 8.00. The quantitative estimate of drug-likeness (QED) is 0.538. The molecule has 2 aromatic heterocycles. The van der Waals surface area contributed by atoms with Crippen LogP contribution in [0.3, 0.4) is 0 Å². The molecule has 6 nitrogen and oxygen atoms in total. The molecule has 0 radical (unpaired) electrons. The molecule has 29 heavy (non-hydrogen) atoms. The Kier molecular flexibility index (Phi) is 4.36. The topological polar surface area (TPSA) is 75.9 Å². The second kappa shape index (κ2) is 7.05. The number of aryl methyl sites for hydroxylation is 1. The molecule has 1 aliphatic rings. The predicted octanol–water partition coefficient (Wildman–Crippen LogP) is 4.25. The average molecular weight is 404 g/mol. The Balaban J connectivity index is 1.59. The number of nitrogens with zero attached hydrogens (tertiary/aromatic N) is 3. The normalized spacial score (nSPS) is 14.1. The number of aromatic nitrogens is 3. The lowest BCUT2D eigenvalue weighted by Gasteiger charge is -2.26. The van der Waals surface area contributed by atoms with Crippen molar-refractivity contribution in [3.63, 3.8) is 0 Å². The van der Waals surface area contributed by atoms with Gasteiger partial charge in [0.1, 0.15) is 23.4 Å². The van der Waals surface area contributed by atoms with Gasteiger partial charge in [-0.15, -0.1) is 0 Å². The zero-order valence-electron chi connectivity index (χ0n) is 16.2. The Morgan fingerprint density at radius 2 is 2.21 bits per heavy atom. The van der Waals surface area contributed by atoms with E-state index in [1.165, 1.54) is 0 Å². The molecule has 7 heteroatoms. The van der Waals surface area contributed by atoms with E-state index in [-0.39, 0.29) is 6.10 Å². The van der Waals surface area contributed by atoms with E-state index in [0.717, 1.165) is 50.2 Å². The summed E-state index contributed by atoms with van der Waals surface area (Å²) in [6.07, 6.45) is 4.10. The number of fused-ring (bicyclic) bond motifs is 2. The molecule has 0 aliphatic carbocycles. The van der Waals surface area contributed by atoms with Gasteiger partial charge in [-0.1, -0.05) is 0 Å². The number of methoxy groups -OCH3 is 1. The van der Waals surface area contributed by atoms with Crippen molar-refractivity contribution in [2.24, 2.45) is 0 Å². The Morgan fingerprint density at radius 3 is 2.93 bits per heavy atom. The second-order valence-corrected chi connectivity index (χ2v) is 8.31. The molecule has 2 aromatic carbocycles. The monoisotopic (exact) mass is 404 g/mol. The summed E-state index contributed by atoms with van der Waals surface area (Å²) in [5.41, 5.74) is 4.58. The van der Waals surface area contributed by atoms with Crippen LogP contribution in [-0.2, 0) is 6.54 Å². The van der Waals surface area contributed by atoms with Crippen LogP contribution < -0.4 is 9.47 Å². The summed E-state index contributed by atoms with van der Waals surface area (Å²) in [5.74, 6) is 3.34. The lowest BCUT2D eigenvalue weighted by Crippen LogP contribution is -2.31. The molecule has 1 aliphatic heterocycles. The third-order valence-corrected chi connectivity index (χ3v) is 6.56. The summed E-state index contributed by atoms with van der Waals surface area (Å²) >= 11 is 1.85. The molecule has 3 heterocycles. The third kappa shape index (κ3) is 3.00. The van der Waals surface area contributed by atoms with Gasteiger partial charge in [-0.3, -0.25) is 4.68 Å². The van der Waals surface area contributed by atoms with Crippen LogP contribution in [0.4, 0.5) is 0 Å². The number of nitrogens with one attached hydrogen (secondary N) is 1. The number of ether oxygens (including phenoxy) is 2. The lowest BCUT2D eigenvalue weighted by atomic mass is 10.0. The molecule has 1 saturated heterocycles. The van der Waals surface area contributed by atoms with Crippen molar-refractivity contribution in [1.29, 1.82) is 5.26 Å². The van der Waals surface area contributed by atoms with E-state index < -0.39 is 0 Å². The highest BCUT2D eigenvalue weighted by Gasteiger charge is 2.24. The highest BCUT2D eigenvalue weighted by Crippen LogP contribution is 2.34. The summed E-state index contributed by atoms with van der Waals surface area (Å²) in [4.78, 5) is 3.31. The Hall–Kier alpha value is -3.11. The smallest absolute Gasteiger partial charge is 0.165 e. The van der Waals surface area contributed by atoms with Gasteiger partial charge in [0.25, 0.3) is 0 Å². The maximum atomic E-state index is 9.52. The van der Waals surface area contributed by atoms with Gasteiger partial charge in [0.15, 0.2) is 5.75 Å². The minimum Gasteiger partial charge on any atom is -0.496 e. The van der Waals surface area contributed by atoms with E-state index in [2.05, 4.69) is 24.0 Å². The van der Waals surface area contributed by atoms with Crippen molar-refractivity contribution >= 4 is 33.6 Å². The summed E-state index contributed by atoms with van der Waals surface area (Å²) in [6.45, 7) is 2.63. The Morgan fingerprint density at radius 1 is 1.34 bits per heavy atom. The number of rotatable bonds is 5. The van der Waals surface area contributed by atoms with Crippen molar-refractivity contribution in [1.82, 2.24) is 14.8 Å². The van der Waals surface area contributed by atoms with Crippen LogP contribution in [0.1, 0.15) is 16.7 Å². The predicted molar refractivity (Wildman–Crippen MR) is 115 cm³/mol. The average Bonchev–Trinajstić information content (AvgIpc) is 3.33. The van der Waals surface area contributed by atoms with Gasteiger partial charge in [-0.25, -0.2) is 0 Å². The van der Waals surface area contributed by atoms with Gasteiger partial charge in [-0.2, -0.15) is 22.1 Å². The summed E-state index contributed by atoms with van der Waals surface area (Å²) in [7, 11) is 1.69. The van der Waals surface area contributed by atoms with Crippen molar-refractivity contribution in [2.45, 2.75) is 19.6 Å². The highest BCUT2D eigenvalue weighted by atomic mass is 32.2. The van der Waals surface area contributed by atoms with Crippen molar-refractivity contribution in [2.75, 3.05) is 18.6 Å². The van der Waals surface area contributed by atoms with E-state index in [0.29, 0.717) is 17.9 Å². The molecule has 1 N–H and O–H groups in total. The van der Waals surface area contributed by atoms with Crippen LogP contribution in [-0.4, -0.2) is 39.5 Å². The van der Waals surface area contributed by atoms with E-state index in [4.69, 9.17) is 14.6 Å². The molecular formula is C22H20N4O2S. The maximum Gasteiger partial charge on any atom is 0.165 e. The largest absolute Gasteiger partial charge is 0.496 e. The first-order valence-electron chi connectivity index (χ1n) is 9.46. The first-order chi connectivity index (χ1) is 14.2. The SMILES string of the molecule is COc1cc(C)c2[nH]ccc2c1Cn1cc2ccc(C#N)c(OC3CSC3)c2n1. The number of aromatic amines is 1. The molecule has 0 bridgehead atoms. The molecule has 146 valence electrons. The molecule has 1 fully saturated rings. The molecule has 4 aromatic rings. The summed E-state index contributed by atoms with van der Waals surface area (Å²) in [5, 5.41) is 16.4. The lowest BCUT2D eigenvalue weighted by molar-refractivity contribution is 0.242. The number of hydrogen-bond donors (Lipinski definition) is 1. The zero-order chi connectivity index (χ0) is 20.0. The Bertz CT molecular complexity index is 1260. The maximum absolute atomic E-state index is 9.52. The van der Waals surface area contributed by atoms with E-state index in [9.17, 15) is 5.26 Å². The zero-order valence-corrected chi connectivity index (χ0v) is 17.0. The van der Waals surface area contributed by atoms with Crippen LogP contribution in [0, 0.1) is 18.3 Å². The minimum absolute atomic E-state index is 0.152. The van der Waals surface area contributed by atoms with Gasteiger partial charge in [0, 0.05) is 45.8 Å². The standard InChI is InChI=1S/C22H20N4O2S/c1-13-7-19(27-2)18(17-5-6-24-20(13)17)10-26-9-15-4-3-14(8-23)22(21(15)25-26)28-16-11-29-12-16/h3-7,9,16,24H,10-12H2,1-2H3. The van der Waals surface area contributed by atoms with E-state index in [1.54, 1.807) is 7.11 Å². The van der Waals surface area contributed by atoms with Gasteiger partial charge in [0.05, 0.1) is 19.2 Å². The molecule has 0 saturated carbocycles. The number of H-pyrrole nitrogens is 1. The van der Waals surface area contributed by atoms with Gasteiger partial charge in [-0.05, 0) is 36.8 Å². The van der Waals surface area contributed by atoms with Crippen molar-refractivity contribution in [3.8, 4) is 17.6 Å². The molecule has 0 atom stereocenters. The molecular weight excluding hydrogens is 384 g/mol. The fraction of sp³-hybridized carbons (Fsp3) is 0.273. The first-order valence-corrected chi connectivity index (χ1v) is 10.6. The van der Waals surface area contributed by atoms with Crippen molar-refractivity contribution in [3.05, 3.63) is 53.3 Å². The van der Waals surface area contributed by atoms with Gasteiger partial charge < -0.3 is 14.5 Å². The number of hydrogen-bond acceptors (Lipinski definition) is 5. The summed E-state index contributed by atoms with van der Waals surface area (Å²) < 4.78 is 13.7. The van der Waals surface area contributed by atoms with Crippen LogP contribution in [0.25, 0.3) is 21.8 Å². The van der Waals surface area contributed by atoms with Crippen LogP contribution in [0.15, 0.2) is 36.7 Å². The number of nitriles is 1. The van der Waals surface area contributed by atoms with E-state index in [1.807, 2.05) is 47.0 Å². The van der Waals surface area contributed by atoms with Crippen LogP contribution >= 0.6 is 11.8 Å². The van der Waals surface area contributed by atoms with Crippen LogP contribution in [0.5, 0.6) is 11.5 Å². The fourth-order valence-corrected chi connectivity index (χ4v) is 4.36. The number of benzene rings is 2. The second-order valence-electron chi connectivity index (χ2n) is 7.24. The van der Waals surface area contributed by atoms with Crippen LogP contribution in [0.2, 0.25) is 0 Å². The molecule has 5 rings (SSSR count). The molecule has 0 spiro atoms. The Labute approximate surface area is 172 Å². The third-order valence-electron chi connectivity index (χ3n) is 5.34. The molecule has 0 amide bonds. The summed E-state index contributed by atoms with van der Waals surface area (Å²) in [6, 6.07) is 10.1. The first kappa shape index (κ1) is 18.0. The number of thioether (sulfide) groups is 1. The van der Waals surface area contributed by atoms with Gasteiger partial charge in [0.2, 0.25) is 0 Å². The fourth-order valence-electron chi connectivity index (χ4n) is 3.79. The van der Waals surface area contributed by atoms with Gasteiger partial charge >= 0.3 is 0 Å². The van der Waals surface area contributed by atoms with E-state index >= 15 is 0 Å². The van der Waals surface area contributed by atoms with Crippen molar-refractivity contribution < 1.29 is 9.47 Å². The molecule has 0 unspecified atom stereocenters. The minimum atomic E-state index is 0.152.